The van der Waals surface area contributed by atoms with Gasteiger partial charge >= 0.3 is 0 Å². The zero-order chi connectivity index (χ0) is 11.3. The summed E-state index contributed by atoms with van der Waals surface area (Å²) in [7, 11) is 0. The maximum absolute atomic E-state index is 2.48. The molecule has 0 unspecified atom stereocenters. The van der Waals surface area contributed by atoms with Crippen molar-refractivity contribution in [1.29, 1.82) is 0 Å². The molecule has 0 spiro atoms. The van der Waals surface area contributed by atoms with Gasteiger partial charge < -0.3 is 4.90 Å². The van der Waals surface area contributed by atoms with E-state index in [1.165, 1.54) is 5.69 Å². The van der Waals surface area contributed by atoms with Crippen molar-refractivity contribution < 1.29 is 0 Å². The average Bonchev–Trinajstić information content (AvgIpc) is 2.17. The van der Waals surface area contributed by atoms with E-state index < -0.39 is 0 Å². The van der Waals surface area contributed by atoms with E-state index >= 15 is 0 Å². The smallest absolute Gasteiger partial charge is 0.0814 e. The van der Waals surface area contributed by atoms with Gasteiger partial charge in [-0.25, -0.2) is 0 Å². The summed E-state index contributed by atoms with van der Waals surface area (Å²) in [5.41, 5.74) is 1.35. The highest BCUT2D eigenvalue weighted by Crippen LogP contribution is 2.16. The van der Waals surface area contributed by atoms with E-state index in [-0.39, 0.29) is 8.41 Å². The number of anilines is 1. The molecular formula is C14H26BN. The molecule has 1 aromatic rings. The van der Waals surface area contributed by atoms with Gasteiger partial charge in [0.15, 0.2) is 0 Å². The molecule has 0 saturated carbocycles. The van der Waals surface area contributed by atoms with Gasteiger partial charge in [-0.2, -0.15) is 0 Å². The van der Waals surface area contributed by atoms with E-state index in [1.807, 2.05) is 0 Å². The summed E-state index contributed by atoms with van der Waals surface area (Å²) in [5.74, 6) is 1.42. The first-order valence-electron chi connectivity index (χ1n) is 5.89. The maximum Gasteiger partial charge on any atom is 0.0814 e. The first-order valence-corrected chi connectivity index (χ1v) is 5.89. The van der Waals surface area contributed by atoms with E-state index in [0.717, 1.165) is 13.1 Å². The Morgan fingerprint density at radius 1 is 0.875 bits per heavy atom. The average molecular weight is 219 g/mol. The zero-order valence-electron chi connectivity index (χ0n) is 10.4. The SMILES string of the molecule is B.CC(C)CN(CC(C)C)c1ccccc1. The van der Waals surface area contributed by atoms with Gasteiger partial charge in [0.05, 0.1) is 8.41 Å². The summed E-state index contributed by atoms with van der Waals surface area (Å²) in [5, 5.41) is 0. The lowest BCUT2D eigenvalue weighted by Gasteiger charge is -2.28. The zero-order valence-corrected chi connectivity index (χ0v) is 10.4. The molecule has 0 heterocycles. The molecule has 0 atom stereocenters. The molecule has 0 amide bonds. The molecule has 2 heteroatoms. The van der Waals surface area contributed by atoms with Crippen LogP contribution in [0.5, 0.6) is 0 Å². The van der Waals surface area contributed by atoms with Gasteiger partial charge in [0, 0.05) is 18.8 Å². The minimum Gasteiger partial charge on any atom is -0.371 e. The molecule has 1 aromatic carbocycles. The first kappa shape index (κ1) is 15.1. The molecule has 0 saturated heterocycles. The molecule has 0 aliphatic heterocycles. The van der Waals surface area contributed by atoms with Crippen LogP contribution in [-0.4, -0.2) is 21.5 Å². The summed E-state index contributed by atoms with van der Waals surface area (Å²) >= 11 is 0. The van der Waals surface area contributed by atoms with Gasteiger partial charge in [0.2, 0.25) is 0 Å². The first-order chi connectivity index (χ1) is 7.09. The van der Waals surface area contributed by atoms with Crippen molar-refractivity contribution in [1.82, 2.24) is 0 Å². The largest absolute Gasteiger partial charge is 0.371 e. The topological polar surface area (TPSA) is 3.24 Å². The summed E-state index contributed by atoms with van der Waals surface area (Å²) in [6, 6.07) is 10.7. The molecule has 90 valence electrons. The molecule has 16 heavy (non-hydrogen) atoms. The Kier molecular flexibility index (Phi) is 6.95. The minimum absolute atomic E-state index is 0. The number of nitrogens with zero attached hydrogens (tertiary/aromatic N) is 1. The fraction of sp³-hybridized carbons (Fsp3) is 0.571. The Morgan fingerprint density at radius 3 is 1.69 bits per heavy atom. The molecule has 1 rings (SSSR count). The predicted molar refractivity (Wildman–Crippen MR) is 78.3 cm³/mol. The Balaban J connectivity index is 0.00000225. The van der Waals surface area contributed by atoms with Gasteiger partial charge in [-0.1, -0.05) is 45.9 Å². The third-order valence-corrected chi connectivity index (χ3v) is 2.29. The Morgan fingerprint density at radius 2 is 1.31 bits per heavy atom. The van der Waals surface area contributed by atoms with Crippen LogP contribution < -0.4 is 4.90 Å². The number of rotatable bonds is 5. The molecule has 0 N–H and O–H groups in total. The molecule has 0 aromatic heterocycles. The lowest BCUT2D eigenvalue weighted by Crippen LogP contribution is -2.31. The highest BCUT2D eigenvalue weighted by molar-refractivity contribution is 5.75. The van der Waals surface area contributed by atoms with Crippen LogP contribution in [0, 0.1) is 11.8 Å². The lowest BCUT2D eigenvalue weighted by molar-refractivity contribution is 0.553. The number of benzene rings is 1. The minimum atomic E-state index is 0. The van der Waals surface area contributed by atoms with Crippen LogP contribution in [0.15, 0.2) is 30.3 Å². The molecule has 0 aliphatic rings. The fourth-order valence-corrected chi connectivity index (χ4v) is 1.81. The van der Waals surface area contributed by atoms with Crippen molar-refractivity contribution in [2.24, 2.45) is 11.8 Å². The third kappa shape index (κ3) is 5.25. The van der Waals surface area contributed by atoms with Gasteiger partial charge in [-0.05, 0) is 24.0 Å². The van der Waals surface area contributed by atoms with Crippen molar-refractivity contribution >= 4 is 14.1 Å². The Hall–Kier alpha value is -0.915. The van der Waals surface area contributed by atoms with Crippen LogP contribution in [0.2, 0.25) is 0 Å². The van der Waals surface area contributed by atoms with Gasteiger partial charge in [-0.3, -0.25) is 0 Å². The van der Waals surface area contributed by atoms with E-state index in [0.29, 0.717) is 11.8 Å². The number of hydrogen-bond donors (Lipinski definition) is 0. The maximum atomic E-state index is 2.48. The molecule has 0 radical (unpaired) electrons. The van der Waals surface area contributed by atoms with Gasteiger partial charge in [0.25, 0.3) is 0 Å². The summed E-state index contributed by atoms with van der Waals surface area (Å²) in [6.07, 6.45) is 0. The summed E-state index contributed by atoms with van der Waals surface area (Å²) in [6.45, 7) is 11.4. The molecular weight excluding hydrogens is 193 g/mol. The predicted octanol–water partition coefficient (Wildman–Crippen LogP) is 2.62. The van der Waals surface area contributed by atoms with E-state index in [1.54, 1.807) is 0 Å². The third-order valence-electron chi connectivity index (χ3n) is 2.29. The van der Waals surface area contributed by atoms with Crippen LogP contribution in [-0.2, 0) is 0 Å². The van der Waals surface area contributed by atoms with Gasteiger partial charge in [0.1, 0.15) is 0 Å². The Bertz CT molecular complexity index is 259. The van der Waals surface area contributed by atoms with Crippen LogP contribution in [0.3, 0.4) is 0 Å². The molecule has 0 aliphatic carbocycles. The quantitative estimate of drug-likeness (QED) is 0.688. The normalized spacial score (nSPS) is 10.4. The number of para-hydroxylation sites is 1. The molecule has 0 bridgehead atoms. The van der Waals surface area contributed by atoms with E-state index in [2.05, 4.69) is 62.9 Å². The second-order valence-corrected chi connectivity index (χ2v) is 5.03. The second-order valence-electron chi connectivity index (χ2n) is 5.03. The highest BCUT2D eigenvalue weighted by atomic mass is 15.1. The Labute approximate surface area is 102 Å². The fourth-order valence-electron chi connectivity index (χ4n) is 1.81. The van der Waals surface area contributed by atoms with Crippen LogP contribution >= 0.6 is 0 Å². The second kappa shape index (κ2) is 7.37. The van der Waals surface area contributed by atoms with Crippen molar-refractivity contribution in [2.75, 3.05) is 18.0 Å². The van der Waals surface area contributed by atoms with Crippen LogP contribution in [0.4, 0.5) is 5.69 Å². The molecule has 1 nitrogen and oxygen atoms in total. The van der Waals surface area contributed by atoms with Crippen molar-refractivity contribution in [3.05, 3.63) is 30.3 Å². The van der Waals surface area contributed by atoms with Crippen molar-refractivity contribution in [2.45, 2.75) is 27.7 Å². The van der Waals surface area contributed by atoms with Gasteiger partial charge in [-0.15, -0.1) is 0 Å². The van der Waals surface area contributed by atoms with Crippen molar-refractivity contribution in [3.63, 3.8) is 0 Å². The number of hydrogen-bond acceptors (Lipinski definition) is 1. The summed E-state index contributed by atoms with van der Waals surface area (Å²) < 4.78 is 0. The monoisotopic (exact) mass is 219 g/mol. The highest BCUT2D eigenvalue weighted by Gasteiger charge is 2.09. The molecule has 0 fully saturated rings. The van der Waals surface area contributed by atoms with Crippen LogP contribution in [0.1, 0.15) is 27.7 Å². The summed E-state index contributed by atoms with van der Waals surface area (Å²) in [4.78, 5) is 2.48. The standard InChI is InChI=1S/C14H23N.BH3/c1-12(2)10-15(11-13(3)4)14-8-6-5-7-9-14;/h5-9,12-13H,10-11H2,1-4H3;1H3. The van der Waals surface area contributed by atoms with Crippen molar-refractivity contribution in [3.8, 4) is 0 Å². The van der Waals surface area contributed by atoms with E-state index in [9.17, 15) is 0 Å². The van der Waals surface area contributed by atoms with E-state index in [4.69, 9.17) is 0 Å². The lowest BCUT2D eigenvalue weighted by atomic mass is 10.1. The van der Waals surface area contributed by atoms with Crippen LogP contribution in [0.25, 0.3) is 0 Å².